The fourth-order valence-electron chi connectivity index (χ4n) is 1.06. The van der Waals surface area contributed by atoms with Gasteiger partial charge in [-0.25, -0.2) is 0 Å². The Bertz CT molecular complexity index is 294. The lowest BCUT2D eigenvalue weighted by molar-refractivity contribution is 0.777. The Hall–Kier alpha value is -0.810. The van der Waals surface area contributed by atoms with Gasteiger partial charge in [0.15, 0.2) is 0 Å². The van der Waals surface area contributed by atoms with Crippen LogP contribution in [0.2, 0.25) is 0 Å². The standard InChI is InChI=1S/C11H16NP/c1-3-9(2)12-8-10-5-4-6-11(13)7-10/h4-7,12H,2-3,8,13H2,1H3. The highest BCUT2D eigenvalue weighted by atomic mass is 31.0. The minimum absolute atomic E-state index is 0.870. The van der Waals surface area contributed by atoms with Gasteiger partial charge in [-0.2, -0.15) is 0 Å². The van der Waals surface area contributed by atoms with Crippen molar-refractivity contribution in [2.24, 2.45) is 0 Å². The number of allylic oxidation sites excluding steroid dienone is 1. The maximum Gasteiger partial charge on any atom is 0.0397 e. The van der Waals surface area contributed by atoms with Gasteiger partial charge in [-0.15, -0.1) is 9.24 Å². The molecule has 0 aliphatic heterocycles. The van der Waals surface area contributed by atoms with Crippen LogP contribution in [-0.4, -0.2) is 0 Å². The molecule has 0 aliphatic carbocycles. The third kappa shape index (κ3) is 3.61. The van der Waals surface area contributed by atoms with Gasteiger partial charge in [0.2, 0.25) is 0 Å². The summed E-state index contributed by atoms with van der Waals surface area (Å²) >= 11 is 0. The smallest absolute Gasteiger partial charge is 0.0397 e. The molecular formula is C11H16NP. The molecule has 70 valence electrons. The Morgan fingerprint density at radius 2 is 2.31 bits per heavy atom. The molecule has 1 N–H and O–H groups in total. The second-order valence-corrected chi connectivity index (χ2v) is 3.72. The highest BCUT2D eigenvalue weighted by molar-refractivity contribution is 7.27. The first-order valence-electron chi connectivity index (χ1n) is 4.48. The number of benzene rings is 1. The lowest BCUT2D eigenvalue weighted by atomic mass is 10.2. The Kier molecular flexibility index (Phi) is 3.98. The van der Waals surface area contributed by atoms with Crippen LogP contribution in [0.4, 0.5) is 0 Å². The van der Waals surface area contributed by atoms with Crippen molar-refractivity contribution in [1.82, 2.24) is 5.32 Å². The zero-order valence-corrected chi connectivity index (χ0v) is 9.16. The Balaban J connectivity index is 2.50. The Labute approximate surface area is 82.4 Å². The molecule has 0 aromatic heterocycles. The predicted molar refractivity (Wildman–Crippen MR) is 62.1 cm³/mol. The van der Waals surface area contributed by atoms with Crippen molar-refractivity contribution in [3.8, 4) is 0 Å². The third-order valence-corrected chi connectivity index (χ3v) is 2.28. The number of hydrogen-bond donors (Lipinski definition) is 1. The monoisotopic (exact) mass is 193 g/mol. The Morgan fingerprint density at radius 3 is 2.92 bits per heavy atom. The van der Waals surface area contributed by atoms with Crippen molar-refractivity contribution in [2.75, 3.05) is 0 Å². The third-order valence-electron chi connectivity index (χ3n) is 1.92. The molecule has 0 radical (unpaired) electrons. The molecular weight excluding hydrogens is 177 g/mol. The van der Waals surface area contributed by atoms with Gasteiger partial charge in [0.25, 0.3) is 0 Å². The number of rotatable bonds is 4. The van der Waals surface area contributed by atoms with Crippen LogP contribution in [0.5, 0.6) is 0 Å². The molecule has 0 saturated heterocycles. The van der Waals surface area contributed by atoms with E-state index in [2.05, 4.69) is 52.3 Å². The molecule has 0 amide bonds. The highest BCUT2D eigenvalue weighted by Crippen LogP contribution is 2.00. The first kappa shape index (κ1) is 10.3. The highest BCUT2D eigenvalue weighted by Gasteiger charge is 1.93. The second kappa shape index (κ2) is 5.04. The zero-order chi connectivity index (χ0) is 9.68. The second-order valence-electron chi connectivity index (χ2n) is 3.06. The fraction of sp³-hybridized carbons (Fsp3) is 0.273. The summed E-state index contributed by atoms with van der Waals surface area (Å²) in [5.74, 6) is 0. The summed E-state index contributed by atoms with van der Waals surface area (Å²) < 4.78 is 0. The van der Waals surface area contributed by atoms with Crippen LogP contribution in [0.15, 0.2) is 36.5 Å². The summed E-state index contributed by atoms with van der Waals surface area (Å²) in [6, 6.07) is 8.40. The van der Waals surface area contributed by atoms with Crippen LogP contribution >= 0.6 is 9.24 Å². The van der Waals surface area contributed by atoms with Crippen LogP contribution in [0.3, 0.4) is 0 Å². The zero-order valence-electron chi connectivity index (χ0n) is 8.01. The normalized spacial score (nSPS) is 9.69. The summed E-state index contributed by atoms with van der Waals surface area (Å²) in [7, 11) is 2.70. The molecule has 13 heavy (non-hydrogen) atoms. The SMILES string of the molecule is C=C(CC)NCc1cccc(P)c1. The summed E-state index contributed by atoms with van der Waals surface area (Å²) in [6.45, 7) is 6.86. The van der Waals surface area contributed by atoms with E-state index in [0.717, 1.165) is 18.7 Å². The molecule has 2 heteroatoms. The quantitative estimate of drug-likeness (QED) is 0.723. The molecule has 1 aromatic carbocycles. The van der Waals surface area contributed by atoms with Crippen LogP contribution in [0.1, 0.15) is 18.9 Å². The average molecular weight is 193 g/mol. The topological polar surface area (TPSA) is 12.0 Å². The van der Waals surface area contributed by atoms with E-state index in [0.29, 0.717) is 0 Å². The molecule has 1 rings (SSSR count). The van der Waals surface area contributed by atoms with Crippen LogP contribution in [0.25, 0.3) is 0 Å². The van der Waals surface area contributed by atoms with E-state index >= 15 is 0 Å². The molecule has 0 saturated carbocycles. The predicted octanol–water partition coefficient (Wildman–Crippen LogP) is 2.20. The van der Waals surface area contributed by atoms with Gasteiger partial charge in [0.05, 0.1) is 0 Å². The lowest BCUT2D eigenvalue weighted by Crippen LogP contribution is -2.11. The van der Waals surface area contributed by atoms with Crippen molar-refractivity contribution in [1.29, 1.82) is 0 Å². The van der Waals surface area contributed by atoms with Crippen molar-refractivity contribution in [3.63, 3.8) is 0 Å². The van der Waals surface area contributed by atoms with Crippen LogP contribution in [-0.2, 0) is 6.54 Å². The Morgan fingerprint density at radius 1 is 1.54 bits per heavy atom. The van der Waals surface area contributed by atoms with Gasteiger partial charge >= 0.3 is 0 Å². The van der Waals surface area contributed by atoms with Gasteiger partial charge in [0.1, 0.15) is 0 Å². The van der Waals surface area contributed by atoms with E-state index in [-0.39, 0.29) is 0 Å². The van der Waals surface area contributed by atoms with Crippen molar-refractivity contribution < 1.29 is 0 Å². The van der Waals surface area contributed by atoms with Gasteiger partial charge in [-0.1, -0.05) is 37.8 Å². The van der Waals surface area contributed by atoms with Crippen LogP contribution < -0.4 is 10.6 Å². The van der Waals surface area contributed by atoms with E-state index in [1.54, 1.807) is 0 Å². The molecule has 1 unspecified atom stereocenters. The largest absolute Gasteiger partial charge is 0.385 e. The molecule has 1 atom stereocenters. The molecule has 0 heterocycles. The summed E-state index contributed by atoms with van der Waals surface area (Å²) in [6.07, 6.45) is 0.987. The lowest BCUT2D eigenvalue weighted by Gasteiger charge is -2.07. The van der Waals surface area contributed by atoms with Crippen molar-refractivity contribution in [3.05, 3.63) is 42.1 Å². The van der Waals surface area contributed by atoms with E-state index in [4.69, 9.17) is 0 Å². The summed E-state index contributed by atoms with van der Waals surface area (Å²) in [5.41, 5.74) is 2.39. The van der Waals surface area contributed by atoms with Gasteiger partial charge in [0, 0.05) is 12.2 Å². The molecule has 0 aliphatic rings. The molecule has 1 nitrogen and oxygen atoms in total. The molecule has 1 aromatic rings. The maximum atomic E-state index is 3.89. The molecule has 0 fully saturated rings. The summed E-state index contributed by atoms with van der Waals surface area (Å²) in [5, 5.41) is 4.50. The number of nitrogens with one attached hydrogen (secondary N) is 1. The van der Waals surface area contributed by atoms with Crippen molar-refractivity contribution in [2.45, 2.75) is 19.9 Å². The van der Waals surface area contributed by atoms with Gasteiger partial charge in [-0.05, 0) is 17.3 Å². The van der Waals surface area contributed by atoms with E-state index in [1.807, 2.05) is 0 Å². The minimum Gasteiger partial charge on any atom is -0.385 e. The maximum absolute atomic E-state index is 3.89. The first-order chi connectivity index (χ1) is 6.22. The van der Waals surface area contributed by atoms with Gasteiger partial charge < -0.3 is 5.32 Å². The van der Waals surface area contributed by atoms with Crippen molar-refractivity contribution >= 4 is 14.5 Å². The fourth-order valence-corrected chi connectivity index (χ4v) is 1.38. The minimum atomic E-state index is 0.870. The van der Waals surface area contributed by atoms with Gasteiger partial charge in [-0.3, -0.25) is 0 Å². The van der Waals surface area contributed by atoms with Crippen LogP contribution in [0, 0.1) is 0 Å². The summed E-state index contributed by atoms with van der Waals surface area (Å²) in [4.78, 5) is 0. The average Bonchev–Trinajstić information content (AvgIpc) is 2.14. The first-order valence-corrected chi connectivity index (χ1v) is 5.06. The van der Waals surface area contributed by atoms with E-state index < -0.39 is 0 Å². The molecule has 0 bridgehead atoms. The van der Waals surface area contributed by atoms with E-state index in [1.165, 1.54) is 10.9 Å². The molecule has 0 spiro atoms. The number of hydrogen-bond acceptors (Lipinski definition) is 1. The van der Waals surface area contributed by atoms with E-state index in [9.17, 15) is 0 Å².